The van der Waals surface area contributed by atoms with Gasteiger partial charge >= 0.3 is 5.97 Å². The predicted octanol–water partition coefficient (Wildman–Crippen LogP) is 3.81. The number of amides is 1. The maximum absolute atomic E-state index is 13.4. The first-order chi connectivity index (χ1) is 15.8. The molecule has 2 aliphatic rings. The molecule has 0 radical (unpaired) electrons. The number of anilines is 1. The summed E-state index contributed by atoms with van der Waals surface area (Å²) in [4.78, 5) is 29.2. The Morgan fingerprint density at radius 2 is 2.03 bits per heavy atom. The van der Waals surface area contributed by atoms with E-state index < -0.39 is 27.9 Å². The minimum absolute atomic E-state index is 0.119. The number of nitrogens with zero attached hydrogens (tertiary/aromatic N) is 2. The summed E-state index contributed by atoms with van der Waals surface area (Å²) in [5.74, 6) is -0.925. The summed E-state index contributed by atoms with van der Waals surface area (Å²) in [7, 11) is -2.54. The van der Waals surface area contributed by atoms with Gasteiger partial charge in [-0.15, -0.1) is 22.7 Å². The van der Waals surface area contributed by atoms with Crippen LogP contribution in [0.1, 0.15) is 47.0 Å². The molecule has 0 aromatic carbocycles. The number of piperidine rings is 1. The van der Waals surface area contributed by atoms with Crippen molar-refractivity contribution in [3.63, 3.8) is 0 Å². The lowest BCUT2D eigenvalue weighted by molar-refractivity contribution is -0.120. The summed E-state index contributed by atoms with van der Waals surface area (Å²) < 4.78 is 33.2. The van der Waals surface area contributed by atoms with Crippen molar-refractivity contribution in [1.29, 1.82) is 0 Å². The number of rotatable bonds is 6. The van der Waals surface area contributed by atoms with E-state index in [1.54, 1.807) is 0 Å². The maximum atomic E-state index is 13.4. The lowest BCUT2D eigenvalue weighted by Crippen LogP contribution is -2.49. The quantitative estimate of drug-likeness (QED) is 0.569. The van der Waals surface area contributed by atoms with Gasteiger partial charge in [0.05, 0.1) is 17.0 Å². The molecule has 1 atom stereocenters. The molecule has 180 valence electrons. The van der Waals surface area contributed by atoms with E-state index in [-0.39, 0.29) is 10.8 Å². The third kappa shape index (κ3) is 4.85. The summed E-state index contributed by atoms with van der Waals surface area (Å²) in [5.41, 5.74) is 1.30. The second-order valence-corrected chi connectivity index (χ2v) is 12.9. The first kappa shape index (κ1) is 24.6. The smallest absolute Gasteiger partial charge is 0.341 e. The van der Waals surface area contributed by atoms with Gasteiger partial charge in [0.2, 0.25) is 5.91 Å². The highest BCUT2D eigenvalue weighted by Crippen LogP contribution is 2.38. The molecule has 4 heterocycles. The zero-order valence-corrected chi connectivity index (χ0v) is 21.6. The molecule has 1 unspecified atom stereocenters. The van der Waals surface area contributed by atoms with E-state index in [2.05, 4.69) is 17.1 Å². The van der Waals surface area contributed by atoms with Gasteiger partial charge in [-0.05, 0) is 43.5 Å². The number of likely N-dealkylation sites (N-methyl/N-ethyl adjacent to an activating group) is 1. The lowest BCUT2D eigenvalue weighted by Gasteiger charge is -2.33. The van der Waals surface area contributed by atoms with Crippen LogP contribution >= 0.6 is 34.3 Å². The number of nitrogens with one attached hydrogen (secondary N) is 1. The monoisotopic (exact) mass is 531 g/mol. The first-order valence-electron chi connectivity index (χ1n) is 10.8. The van der Waals surface area contributed by atoms with Gasteiger partial charge in [0.25, 0.3) is 10.0 Å². The highest BCUT2D eigenvalue weighted by Gasteiger charge is 2.39. The van der Waals surface area contributed by atoms with Crippen molar-refractivity contribution < 1.29 is 22.7 Å². The molecular weight excluding hydrogens is 506 g/mol. The molecule has 1 N–H and O–H groups in total. The van der Waals surface area contributed by atoms with Gasteiger partial charge in [0.1, 0.15) is 15.3 Å². The molecule has 0 aliphatic carbocycles. The summed E-state index contributed by atoms with van der Waals surface area (Å²) in [6, 6.07) is 2.14. The predicted molar refractivity (Wildman–Crippen MR) is 130 cm³/mol. The van der Waals surface area contributed by atoms with E-state index in [0.29, 0.717) is 40.7 Å². The minimum Gasteiger partial charge on any atom is -0.465 e. The van der Waals surface area contributed by atoms with Crippen molar-refractivity contribution in [2.24, 2.45) is 0 Å². The third-order valence-electron chi connectivity index (χ3n) is 6.08. The van der Waals surface area contributed by atoms with Crippen molar-refractivity contribution >= 4 is 61.2 Å². The van der Waals surface area contributed by atoms with E-state index in [1.165, 1.54) is 34.9 Å². The number of methoxy groups -OCH3 is 1. The van der Waals surface area contributed by atoms with Crippen molar-refractivity contribution in [3.05, 3.63) is 32.5 Å². The minimum atomic E-state index is -3.86. The average Bonchev–Trinajstić information content (AvgIpc) is 3.41. The van der Waals surface area contributed by atoms with Crippen LogP contribution in [0.15, 0.2) is 16.3 Å². The molecule has 0 bridgehead atoms. The molecule has 1 saturated heterocycles. The van der Waals surface area contributed by atoms with Crippen molar-refractivity contribution in [2.75, 3.05) is 32.1 Å². The molecule has 0 saturated carbocycles. The van der Waals surface area contributed by atoms with E-state index >= 15 is 0 Å². The number of carbonyl (C=O) groups is 2. The number of hydrogen-bond donors (Lipinski definition) is 1. The van der Waals surface area contributed by atoms with Gasteiger partial charge in [-0.1, -0.05) is 24.9 Å². The zero-order chi connectivity index (χ0) is 23.8. The highest BCUT2D eigenvalue weighted by molar-refractivity contribution is 7.91. The topological polar surface area (TPSA) is 96.0 Å². The summed E-state index contributed by atoms with van der Waals surface area (Å²) in [5, 5.41) is 3.30. The van der Waals surface area contributed by atoms with Gasteiger partial charge in [0, 0.05) is 24.5 Å². The summed E-state index contributed by atoms with van der Waals surface area (Å²) >= 11 is 8.30. The van der Waals surface area contributed by atoms with Crippen LogP contribution in [-0.2, 0) is 32.5 Å². The number of ether oxygens (including phenoxy) is 1. The molecule has 1 amide bonds. The van der Waals surface area contributed by atoms with Crippen LogP contribution in [0.5, 0.6) is 0 Å². The Morgan fingerprint density at radius 1 is 1.24 bits per heavy atom. The zero-order valence-electron chi connectivity index (χ0n) is 18.4. The van der Waals surface area contributed by atoms with E-state index in [9.17, 15) is 18.0 Å². The Labute approximate surface area is 206 Å². The van der Waals surface area contributed by atoms with Gasteiger partial charge in [-0.25, -0.2) is 13.2 Å². The first-order valence-corrected chi connectivity index (χ1v) is 14.2. The van der Waals surface area contributed by atoms with E-state index in [4.69, 9.17) is 16.3 Å². The van der Waals surface area contributed by atoms with Crippen molar-refractivity contribution in [1.82, 2.24) is 9.21 Å². The number of thiophene rings is 2. The van der Waals surface area contributed by atoms with Crippen LogP contribution in [0, 0.1) is 0 Å². The third-order valence-corrected chi connectivity index (χ3v) is 10.8. The van der Waals surface area contributed by atoms with Crippen molar-refractivity contribution in [2.45, 2.75) is 49.4 Å². The Morgan fingerprint density at radius 3 is 2.70 bits per heavy atom. The van der Waals surface area contributed by atoms with Crippen molar-refractivity contribution in [3.8, 4) is 0 Å². The molecular formula is C21H26ClN3O5S3. The van der Waals surface area contributed by atoms with Gasteiger partial charge in [-0.3, -0.25) is 9.69 Å². The summed E-state index contributed by atoms with van der Waals surface area (Å²) in [6.07, 6.45) is 2.52. The second-order valence-electron chi connectivity index (χ2n) is 7.99. The Balaban J connectivity index is 1.63. The van der Waals surface area contributed by atoms with Crippen LogP contribution in [0.25, 0.3) is 0 Å². The van der Waals surface area contributed by atoms with E-state index in [0.717, 1.165) is 41.3 Å². The molecule has 2 aromatic rings. The fourth-order valence-electron chi connectivity index (χ4n) is 4.33. The SMILES string of the molecule is CCN1CCc2c(sc(NC(=O)C3CCCCN3S(=O)(=O)c3ccc(Cl)s3)c2C(=O)OC)C1. The lowest BCUT2D eigenvalue weighted by atomic mass is 10.0. The van der Waals surface area contributed by atoms with Crippen LogP contribution in [-0.4, -0.2) is 62.3 Å². The number of carbonyl (C=O) groups excluding carboxylic acids is 2. The molecule has 4 rings (SSSR count). The van der Waals surface area contributed by atoms with Gasteiger partial charge in [0.15, 0.2) is 0 Å². The van der Waals surface area contributed by atoms with Gasteiger partial charge in [-0.2, -0.15) is 4.31 Å². The normalized spacial score (nSPS) is 19.8. The largest absolute Gasteiger partial charge is 0.465 e. The Hall–Kier alpha value is -1.50. The number of halogens is 1. The number of hydrogen-bond acceptors (Lipinski definition) is 8. The Kier molecular flexibility index (Phi) is 7.47. The molecule has 2 aromatic heterocycles. The van der Waals surface area contributed by atoms with Gasteiger partial charge < -0.3 is 10.1 Å². The number of esters is 1. The second kappa shape index (κ2) is 10.0. The fourth-order valence-corrected chi connectivity index (χ4v) is 8.88. The molecule has 8 nitrogen and oxygen atoms in total. The molecule has 1 fully saturated rings. The van der Waals surface area contributed by atoms with Crippen LogP contribution in [0.2, 0.25) is 4.34 Å². The highest BCUT2D eigenvalue weighted by atomic mass is 35.5. The average molecular weight is 532 g/mol. The van der Waals surface area contributed by atoms with Crippen LogP contribution in [0.4, 0.5) is 5.00 Å². The molecule has 2 aliphatic heterocycles. The standard InChI is InChI=1S/C21H26ClN3O5S3/c1-3-24-11-9-13-15(12-24)31-20(18(13)21(27)30-2)23-19(26)14-6-4-5-10-25(14)33(28,29)17-8-7-16(22)32-17/h7-8,14H,3-6,9-12H2,1-2H3,(H,23,26). The summed E-state index contributed by atoms with van der Waals surface area (Å²) in [6.45, 7) is 4.77. The van der Waals surface area contributed by atoms with Crippen LogP contribution in [0.3, 0.4) is 0 Å². The Bertz CT molecular complexity index is 1160. The fraction of sp³-hybridized carbons (Fsp3) is 0.524. The van der Waals surface area contributed by atoms with E-state index in [1.807, 2.05) is 0 Å². The number of fused-ring (bicyclic) bond motifs is 1. The molecule has 0 spiro atoms. The molecule has 12 heteroatoms. The van der Waals surface area contributed by atoms with Crippen LogP contribution < -0.4 is 5.32 Å². The maximum Gasteiger partial charge on any atom is 0.341 e. The number of sulfonamides is 1. The molecule has 33 heavy (non-hydrogen) atoms.